The van der Waals surface area contributed by atoms with E-state index in [1.165, 1.54) is 0 Å². The summed E-state index contributed by atoms with van der Waals surface area (Å²) >= 11 is 0. The summed E-state index contributed by atoms with van der Waals surface area (Å²) in [5.74, 6) is 0.800. The van der Waals surface area contributed by atoms with Gasteiger partial charge in [0.05, 0.1) is 5.76 Å². The van der Waals surface area contributed by atoms with Crippen molar-refractivity contribution in [3.05, 3.63) is 12.3 Å². The summed E-state index contributed by atoms with van der Waals surface area (Å²) in [6.07, 6.45) is 0. The molecule has 1 radical (unpaired) electrons. The first-order valence-corrected chi connectivity index (χ1v) is 5.63. The lowest BCUT2D eigenvalue weighted by Gasteiger charge is -2.31. The van der Waals surface area contributed by atoms with Gasteiger partial charge in [0.2, 0.25) is 0 Å². The molecule has 0 aliphatic rings. The van der Waals surface area contributed by atoms with Crippen LogP contribution in [0.5, 0.6) is 0 Å². The van der Waals surface area contributed by atoms with Gasteiger partial charge in [-0.05, 0) is 12.1 Å². The molecule has 0 unspecified atom stereocenters. The number of hydrogen-bond donors (Lipinski definition) is 0. The first kappa shape index (κ1) is 14.6. The molecule has 0 aliphatic carbocycles. The molecule has 0 rings (SSSR count). The minimum atomic E-state index is -0.00384. The van der Waals surface area contributed by atoms with Crippen molar-refractivity contribution in [3.63, 3.8) is 0 Å². The Morgan fingerprint density at radius 1 is 1.13 bits per heavy atom. The van der Waals surface area contributed by atoms with Crippen molar-refractivity contribution in [3.8, 4) is 0 Å². The third-order valence-electron chi connectivity index (χ3n) is 2.35. The maximum Gasteiger partial charge on any atom is 0.480 e. The minimum Gasteiger partial charge on any atom is -0.551 e. The summed E-state index contributed by atoms with van der Waals surface area (Å²) in [5.41, 5.74) is -0.00384. The second kappa shape index (κ2) is 5.59. The monoisotopic (exact) mass is 210 g/mol. The van der Waals surface area contributed by atoms with E-state index in [4.69, 9.17) is 4.65 Å². The van der Waals surface area contributed by atoms with Gasteiger partial charge in [0, 0.05) is 5.41 Å². The summed E-state index contributed by atoms with van der Waals surface area (Å²) < 4.78 is 5.60. The normalized spacial score (nSPS) is 12.4. The molecule has 0 N–H and O–H groups in total. The largest absolute Gasteiger partial charge is 0.551 e. The second-order valence-corrected chi connectivity index (χ2v) is 5.53. The summed E-state index contributed by atoms with van der Waals surface area (Å²) in [5, 5.41) is 0. The van der Waals surface area contributed by atoms with Crippen LogP contribution in [0.15, 0.2) is 12.3 Å². The minimum absolute atomic E-state index is 0.00384. The standard InChI is InChI=1S/C12H25BNO/c1-9(2)14(10(3)4)13-15-11(5)12(6,7)8/h9-10H,5H2,1-4,6-8H3. The summed E-state index contributed by atoms with van der Waals surface area (Å²) in [6, 6.07) is 0.885. The van der Waals surface area contributed by atoms with Crippen LogP contribution in [0, 0.1) is 5.41 Å². The Balaban J connectivity index is 4.18. The van der Waals surface area contributed by atoms with Gasteiger partial charge >= 0.3 is 7.62 Å². The van der Waals surface area contributed by atoms with Crippen molar-refractivity contribution in [1.29, 1.82) is 0 Å². The fourth-order valence-electron chi connectivity index (χ4n) is 1.14. The lowest BCUT2D eigenvalue weighted by molar-refractivity contribution is 0.232. The molecule has 0 amide bonds. The van der Waals surface area contributed by atoms with Crippen LogP contribution in [0.4, 0.5) is 0 Å². The average Bonchev–Trinajstić information content (AvgIpc) is 2.00. The highest BCUT2D eigenvalue weighted by Crippen LogP contribution is 2.24. The van der Waals surface area contributed by atoms with Crippen LogP contribution in [-0.2, 0) is 4.65 Å². The maximum atomic E-state index is 5.60. The third-order valence-corrected chi connectivity index (χ3v) is 2.35. The fraction of sp³-hybridized carbons (Fsp3) is 0.833. The highest BCUT2D eigenvalue weighted by atomic mass is 16.4. The van der Waals surface area contributed by atoms with Crippen LogP contribution < -0.4 is 0 Å². The molecule has 0 heterocycles. The van der Waals surface area contributed by atoms with Crippen molar-refractivity contribution >= 4 is 7.62 Å². The van der Waals surface area contributed by atoms with Gasteiger partial charge in [0.1, 0.15) is 0 Å². The zero-order valence-corrected chi connectivity index (χ0v) is 11.3. The second-order valence-electron chi connectivity index (χ2n) is 5.53. The topological polar surface area (TPSA) is 12.5 Å². The van der Waals surface area contributed by atoms with E-state index >= 15 is 0 Å². The Morgan fingerprint density at radius 3 is 1.80 bits per heavy atom. The smallest absolute Gasteiger partial charge is 0.480 e. The number of rotatable bonds is 5. The molecule has 0 atom stereocenters. The summed E-state index contributed by atoms with van der Waals surface area (Å²) in [4.78, 5) is 2.18. The highest BCUT2D eigenvalue weighted by molar-refractivity contribution is 6.24. The number of hydrogen-bond acceptors (Lipinski definition) is 2. The molecule has 0 fully saturated rings. The molecule has 0 saturated carbocycles. The molecule has 0 aromatic rings. The first-order valence-electron chi connectivity index (χ1n) is 5.63. The Labute approximate surface area is 96.0 Å². The highest BCUT2D eigenvalue weighted by Gasteiger charge is 2.21. The van der Waals surface area contributed by atoms with Crippen molar-refractivity contribution < 1.29 is 4.65 Å². The van der Waals surface area contributed by atoms with Gasteiger partial charge in [-0.15, -0.1) is 0 Å². The SMILES string of the molecule is C=C(O[B]N(C(C)C)C(C)C)C(C)(C)C. The van der Waals surface area contributed by atoms with E-state index in [1.54, 1.807) is 7.62 Å². The summed E-state index contributed by atoms with van der Waals surface area (Å²) in [7, 11) is 1.79. The van der Waals surface area contributed by atoms with E-state index < -0.39 is 0 Å². The lowest BCUT2D eigenvalue weighted by atomic mass is 9.93. The van der Waals surface area contributed by atoms with Gasteiger partial charge in [0.15, 0.2) is 0 Å². The zero-order chi connectivity index (χ0) is 12.2. The van der Waals surface area contributed by atoms with Gasteiger partial charge in [-0.3, -0.25) is 0 Å². The number of allylic oxidation sites excluding steroid dienone is 1. The van der Waals surface area contributed by atoms with E-state index in [2.05, 4.69) is 59.9 Å². The van der Waals surface area contributed by atoms with Gasteiger partial charge in [-0.25, -0.2) is 0 Å². The molecular weight excluding hydrogens is 185 g/mol. The molecule has 2 nitrogen and oxygen atoms in total. The maximum absolute atomic E-state index is 5.60. The van der Waals surface area contributed by atoms with E-state index in [1.807, 2.05) is 0 Å². The predicted octanol–water partition coefficient (Wildman–Crippen LogP) is 3.22. The average molecular weight is 210 g/mol. The van der Waals surface area contributed by atoms with Crippen LogP contribution in [-0.4, -0.2) is 24.5 Å². The van der Waals surface area contributed by atoms with Gasteiger partial charge in [-0.2, -0.15) is 0 Å². The zero-order valence-electron chi connectivity index (χ0n) is 11.3. The first-order chi connectivity index (χ1) is 6.66. The molecule has 0 aliphatic heterocycles. The van der Waals surface area contributed by atoms with Crippen LogP contribution in [0.25, 0.3) is 0 Å². The molecule has 3 heteroatoms. The Kier molecular flexibility index (Phi) is 5.43. The molecule has 0 aromatic carbocycles. The van der Waals surface area contributed by atoms with Crippen molar-refractivity contribution in [2.45, 2.75) is 60.5 Å². The van der Waals surface area contributed by atoms with Gasteiger partial charge in [-0.1, -0.05) is 55.0 Å². The molecular formula is C12H25BNO. The van der Waals surface area contributed by atoms with E-state index in [9.17, 15) is 0 Å². The molecule has 0 aromatic heterocycles. The molecule has 0 spiro atoms. The van der Waals surface area contributed by atoms with E-state index in [0.717, 1.165) is 5.76 Å². The Bertz CT molecular complexity index is 198. The number of nitrogens with zero attached hydrogens (tertiary/aromatic N) is 1. The van der Waals surface area contributed by atoms with Crippen LogP contribution >= 0.6 is 0 Å². The van der Waals surface area contributed by atoms with Crippen LogP contribution in [0.2, 0.25) is 0 Å². The van der Waals surface area contributed by atoms with E-state index in [0.29, 0.717) is 12.1 Å². The van der Waals surface area contributed by atoms with Crippen molar-refractivity contribution in [1.82, 2.24) is 4.81 Å². The molecule has 15 heavy (non-hydrogen) atoms. The predicted molar refractivity (Wildman–Crippen MR) is 67.5 cm³/mol. The Hall–Kier alpha value is -0.435. The molecule has 0 saturated heterocycles. The lowest BCUT2D eigenvalue weighted by Crippen LogP contribution is -2.41. The van der Waals surface area contributed by atoms with Crippen LogP contribution in [0.1, 0.15) is 48.5 Å². The van der Waals surface area contributed by atoms with Crippen LogP contribution in [0.3, 0.4) is 0 Å². The van der Waals surface area contributed by atoms with E-state index in [-0.39, 0.29) is 5.41 Å². The third kappa shape index (κ3) is 5.26. The van der Waals surface area contributed by atoms with Gasteiger partial charge in [0.25, 0.3) is 0 Å². The summed E-state index contributed by atoms with van der Waals surface area (Å²) in [6.45, 7) is 18.8. The Morgan fingerprint density at radius 2 is 1.53 bits per heavy atom. The van der Waals surface area contributed by atoms with Gasteiger partial charge < -0.3 is 9.47 Å². The van der Waals surface area contributed by atoms with Crippen molar-refractivity contribution in [2.75, 3.05) is 0 Å². The quantitative estimate of drug-likeness (QED) is 0.510. The fourth-order valence-corrected chi connectivity index (χ4v) is 1.14. The molecule has 87 valence electrons. The molecule has 0 bridgehead atoms. The van der Waals surface area contributed by atoms with Crippen molar-refractivity contribution in [2.24, 2.45) is 5.41 Å².